The van der Waals surface area contributed by atoms with Crippen molar-refractivity contribution in [1.82, 2.24) is 4.90 Å². The summed E-state index contributed by atoms with van der Waals surface area (Å²) in [5.74, 6) is 1.74. The van der Waals surface area contributed by atoms with Crippen molar-refractivity contribution in [3.05, 3.63) is 39.9 Å². The summed E-state index contributed by atoms with van der Waals surface area (Å²) in [7, 11) is 8.49. The number of hydrogen-bond acceptors (Lipinski definition) is 5. The molecular weight excluding hydrogens is 389 g/mol. The minimum atomic E-state index is 0.466. The van der Waals surface area contributed by atoms with Gasteiger partial charge in [-0.05, 0) is 29.8 Å². The van der Waals surface area contributed by atoms with E-state index in [0.717, 1.165) is 11.3 Å². The third-order valence-electron chi connectivity index (χ3n) is 3.66. The van der Waals surface area contributed by atoms with E-state index in [9.17, 15) is 0 Å². The van der Waals surface area contributed by atoms with Gasteiger partial charge in [-0.15, -0.1) is 0 Å². The van der Waals surface area contributed by atoms with Crippen LogP contribution in [0, 0.1) is 0 Å². The molecule has 2 aromatic carbocycles. The van der Waals surface area contributed by atoms with Gasteiger partial charge < -0.3 is 24.4 Å². The SMILES string of the molecule is COc1cc(CNc2cc(Cl)c(N=CN(C)C)c(Cl)c2)cc(OC)c1OC. The highest BCUT2D eigenvalue weighted by atomic mass is 35.5. The van der Waals surface area contributed by atoms with Gasteiger partial charge in [0.15, 0.2) is 11.5 Å². The van der Waals surface area contributed by atoms with Crippen LogP contribution in [0.5, 0.6) is 17.2 Å². The maximum atomic E-state index is 6.32. The van der Waals surface area contributed by atoms with E-state index in [0.29, 0.717) is 39.5 Å². The van der Waals surface area contributed by atoms with Crippen molar-refractivity contribution in [2.75, 3.05) is 40.7 Å². The van der Waals surface area contributed by atoms with Gasteiger partial charge in [0, 0.05) is 26.3 Å². The maximum absolute atomic E-state index is 6.32. The summed E-state index contributed by atoms with van der Waals surface area (Å²) in [6, 6.07) is 7.34. The molecule has 27 heavy (non-hydrogen) atoms. The van der Waals surface area contributed by atoms with E-state index in [-0.39, 0.29) is 0 Å². The topological polar surface area (TPSA) is 55.3 Å². The average Bonchev–Trinajstić information content (AvgIpc) is 2.64. The first-order chi connectivity index (χ1) is 12.9. The first-order valence-electron chi connectivity index (χ1n) is 8.12. The van der Waals surface area contributed by atoms with Gasteiger partial charge in [-0.1, -0.05) is 23.2 Å². The number of methoxy groups -OCH3 is 3. The van der Waals surface area contributed by atoms with Crippen molar-refractivity contribution >= 4 is 40.9 Å². The monoisotopic (exact) mass is 411 g/mol. The number of nitrogens with zero attached hydrogens (tertiary/aromatic N) is 2. The molecule has 0 aliphatic heterocycles. The van der Waals surface area contributed by atoms with E-state index in [1.165, 1.54) is 0 Å². The minimum absolute atomic E-state index is 0.466. The van der Waals surface area contributed by atoms with E-state index in [1.807, 2.05) is 31.1 Å². The fourth-order valence-corrected chi connectivity index (χ4v) is 2.99. The van der Waals surface area contributed by atoms with E-state index >= 15 is 0 Å². The lowest BCUT2D eigenvalue weighted by atomic mass is 10.1. The number of ether oxygens (including phenoxy) is 3. The minimum Gasteiger partial charge on any atom is -0.493 e. The van der Waals surface area contributed by atoms with Crippen LogP contribution in [0.4, 0.5) is 11.4 Å². The second-order valence-electron chi connectivity index (χ2n) is 5.88. The average molecular weight is 412 g/mol. The Labute approximate surface area is 169 Å². The highest BCUT2D eigenvalue weighted by Gasteiger charge is 2.13. The van der Waals surface area contributed by atoms with Crippen molar-refractivity contribution in [1.29, 1.82) is 0 Å². The van der Waals surface area contributed by atoms with Crippen LogP contribution in [0.15, 0.2) is 29.3 Å². The lowest BCUT2D eigenvalue weighted by Gasteiger charge is -2.15. The summed E-state index contributed by atoms with van der Waals surface area (Å²) in [6.45, 7) is 0.518. The number of aliphatic imine (C=N–C) groups is 1. The van der Waals surface area contributed by atoms with Crippen molar-refractivity contribution in [2.45, 2.75) is 6.54 Å². The first kappa shape index (κ1) is 21.0. The van der Waals surface area contributed by atoms with Crippen molar-refractivity contribution in [3.8, 4) is 17.2 Å². The molecule has 1 N–H and O–H groups in total. The summed E-state index contributed by atoms with van der Waals surface area (Å²) >= 11 is 12.6. The van der Waals surface area contributed by atoms with Gasteiger partial charge in [0.1, 0.15) is 5.69 Å². The maximum Gasteiger partial charge on any atom is 0.203 e. The van der Waals surface area contributed by atoms with Crippen LogP contribution in [0.1, 0.15) is 5.56 Å². The molecule has 0 fully saturated rings. The van der Waals surface area contributed by atoms with Crippen LogP contribution in [-0.4, -0.2) is 46.7 Å². The molecule has 0 radical (unpaired) electrons. The lowest BCUT2D eigenvalue weighted by molar-refractivity contribution is 0.324. The van der Waals surface area contributed by atoms with E-state index < -0.39 is 0 Å². The zero-order chi connectivity index (χ0) is 20.0. The van der Waals surface area contributed by atoms with Gasteiger partial charge in [-0.2, -0.15) is 0 Å². The number of benzene rings is 2. The van der Waals surface area contributed by atoms with Crippen molar-refractivity contribution in [2.24, 2.45) is 4.99 Å². The highest BCUT2D eigenvalue weighted by molar-refractivity contribution is 6.39. The lowest BCUT2D eigenvalue weighted by Crippen LogP contribution is -2.07. The molecule has 0 spiro atoms. The molecule has 0 aliphatic carbocycles. The Morgan fingerprint density at radius 2 is 1.52 bits per heavy atom. The van der Waals surface area contributed by atoms with E-state index in [1.54, 1.807) is 39.8 Å². The van der Waals surface area contributed by atoms with Crippen LogP contribution in [-0.2, 0) is 6.54 Å². The first-order valence-corrected chi connectivity index (χ1v) is 8.87. The highest BCUT2D eigenvalue weighted by Crippen LogP contribution is 2.39. The summed E-state index contributed by atoms with van der Waals surface area (Å²) in [4.78, 5) is 6.10. The number of anilines is 1. The van der Waals surface area contributed by atoms with E-state index in [2.05, 4.69) is 10.3 Å². The van der Waals surface area contributed by atoms with Crippen LogP contribution >= 0.6 is 23.2 Å². The Morgan fingerprint density at radius 1 is 0.963 bits per heavy atom. The smallest absolute Gasteiger partial charge is 0.203 e. The zero-order valence-corrected chi connectivity index (χ0v) is 17.5. The molecule has 0 saturated carbocycles. The molecule has 8 heteroatoms. The second-order valence-corrected chi connectivity index (χ2v) is 6.70. The second kappa shape index (κ2) is 9.58. The fraction of sp³-hybridized carbons (Fsp3) is 0.316. The molecule has 2 rings (SSSR count). The molecule has 0 bridgehead atoms. The number of hydrogen-bond donors (Lipinski definition) is 1. The molecule has 0 aromatic heterocycles. The largest absolute Gasteiger partial charge is 0.493 e. The van der Waals surface area contributed by atoms with Crippen LogP contribution in [0.3, 0.4) is 0 Å². The molecule has 0 heterocycles. The summed E-state index contributed by atoms with van der Waals surface area (Å²) in [5, 5.41) is 4.22. The predicted molar refractivity (Wildman–Crippen MR) is 112 cm³/mol. The predicted octanol–water partition coefficient (Wildman–Crippen LogP) is 4.85. The molecule has 0 aliphatic rings. The quantitative estimate of drug-likeness (QED) is 0.496. The van der Waals surface area contributed by atoms with E-state index in [4.69, 9.17) is 37.4 Å². The molecule has 0 amide bonds. The number of nitrogens with one attached hydrogen (secondary N) is 1. The molecular formula is C19H23Cl2N3O3. The summed E-state index contributed by atoms with van der Waals surface area (Å²) < 4.78 is 16.1. The molecule has 6 nitrogen and oxygen atoms in total. The fourth-order valence-electron chi connectivity index (χ4n) is 2.41. The van der Waals surface area contributed by atoms with Gasteiger partial charge in [0.05, 0.1) is 37.7 Å². The Bertz CT molecular complexity index is 778. The number of rotatable bonds is 8. The van der Waals surface area contributed by atoms with Crippen molar-refractivity contribution < 1.29 is 14.2 Å². The molecule has 2 aromatic rings. The molecule has 146 valence electrons. The van der Waals surface area contributed by atoms with Gasteiger partial charge in [0.25, 0.3) is 0 Å². The standard InChI is InChI=1S/C19H23Cl2N3O3/c1-24(2)11-23-18-14(20)8-13(9-15(18)21)22-10-12-6-16(25-3)19(27-5)17(7-12)26-4/h6-9,11,22H,10H2,1-5H3. The van der Waals surface area contributed by atoms with Crippen molar-refractivity contribution in [3.63, 3.8) is 0 Å². The Morgan fingerprint density at radius 3 is 1.96 bits per heavy atom. The van der Waals surface area contributed by atoms with Crippen LogP contribution in [0.25, 0.3) is 0 Å². The van der Waals surface area contributed by atoms with Crippen LogP contribution < -0.4 is 19.5 Å². The molecule has 0 saturated heterocycles. The van der Waals surface area contributed by atoms with Gasteiger partial charge in [-0.3, -0.25) is 0 Å². The third kappa shape index (κ3) is 5.34. The normalized spacial score (nSPS) is 10.8. The summed E-state index contributed by atoms with van der Waals surface area (Å²) in [6.07, 6.45) is 1.65. The van der Waals surface area contributed by atoms with Gasteiger partial charge in [0.2, 0.25) is 5.75 Å². The zero-order valence-electron chi connectivity index (χ0n) is 16.0. The Hall–Kier alpha value is -2.31. The molecule has 0 unspecified atom stereocenters. The van der Waals surface area contributed by atoms with Gasteiger partial charge >= 0.3 is 0 Å². The van der Waals surface area contributed by atoms with Crippen LogP contribution in [0.2, 0.25) is 10.0 Å². The Balaban J connectivity index is 2.22. The Kier molecular flexibility index (Phi) is 7.45. The summed E-state index contributed by atoms with van der Waals surface area (Å²) in [5.41, 5.74) is 2.26. The number of halogens is 2. The third-order valence-corrected chi connectivity index (χ3v) is 4.23. The molecule has 0 atom stereocenters. The van der Waals surface area contributed by atoms with Gasteiger partial charge in [-0.25, -0.2) is 4.99 Å².